The van der Waals surface area contributed by atoms with Gasteiger partial charge >= 0.3 is 0 Å². The predicted octanol–water partition coefficient (Wildman–Crippen LogP) is 1.10. The Morgan fingerprint density at radius 3 is 2.32 bits per heavy atom. The first-order chi connectivity index (χ1) is 8.89. The predicted molar refractivity (Wildman–Crippen MR) is 71.8 cm³/mol. The van der Waals surface area contributed by atoms with E-state index in [4.69, 9.17) is 10.9 Å². The third-order valence-electron chi connectivity index (χ3n) is 2.67. The number of nitrogens with two attached hydrogens (primary N) is 2. The smallest absolute Gasteiger partial charge is 0.249 e. The van der Waals surface area contributed by atoms with E-state index in [0.717, 1.165) is 0 Å². The molecule has 0 saturated heterocycles. The Bertz CT molecular complexity index is 739. The van der Waals surface area contributed by atoms with E-state index in [-0.39, 0.29) is 4.90 Å². The molecule has 0 radical (unpaired) electrons. The molecule has 0 fully saturated rings. The Balaban J connectivity index is 2.64. The maximum Gasteiger partial charge on any atom is 0.249 e. The zero-order valence-electron chi connectivity index (χ0n) is 9.91. The highest BCUT2D eigenvalue weighted by atomic mass is 32.2. The minimum atomic E-state index is -3.78. The first-order valence-corrected chi connectivity index (χ1v) is 6.96. The highest BCUT2D eigenvalue weighted by Gasteiger charge is 2.12. The molecule has 2 aromatic rings. The average molecular weight is 276 g/mol. The number of primary amides is 1. The molecular weight excluding hydrogens is 264 g/mol. The van der Waals surface area contributed by atoms with Crippen LogP contribution in [0.4, 0.5) is 0 Å². The average Bonchev–Trinajstić information content (AvgIpc) is 2.38. The first kappa shape index (κ1) is 13.3. The molecule has 0 aromatic heterocycles. The number of carbonyl (C=O) groups excluding carboxylic acids is 1. The van der Waals surface area contributed by atoms with Gasteiger partial charge in [0.2, 0.25) is 15.9 Å². The number of carbonyl (C=O) groups is 1. The third kappa shape index (κ3) is 2.81. The van der Waals surface area contributed by atoms with E-state index in [1.54, 1.807) is 36.4 Å². The standard InChI is InChI=1S/C13H12N2O3S/c14-13(16)12-7-2-1-6-11(12)9-4-3-5-10(8-9)19(15,17)18/h1-8H,(H2,14,16)(H2,15,17,18). The van der Waals surface area contributed by atoms with Crippen LogP contribution in [-0.2, 0) is 10.0 Å². The number of benzene rings is 2. The van der Waals surface area contributed by atoms with Crippen LogP contribution in [0.3, 0.4) is 0 Å². The number of hydrogen-bond donors (Lipinski definition) is 2. The van der Waals surface area contributed by atoms with E-state index in [1.807, 2.05) is 0 Å². The fraction of sp³-hybridized carbons (Fsp3) is 0. The molecule has 0 aliphatic rings. The Kier molecular flexibility index (Phi) is 3.37. The number of amides is 1. The maximum absolute atomic E-state index is 11.4. The Morgan fingerprint density at radius 2 is 1.68 bits per heavy atom. The van der Waals surface area contributed by atoms with Gasteiger partial charge < -0.3 is 5.73 Å². The number of primary sulfonamides is 1. The van der Waals surface area contributed by atoms with Gasteiger partial charge in [-0.15, -0.1) is 0 Å². The number of rotatable bonds is 3. The van der Waals surface area contributed by atoms with Gasteiger partial charge in [0.1, 0.15) is 0 Å². The van der Waals surface area contributed by atoms with Crippen molar-refractivity contribution in [2.45, 2.75) is 4.90 Å². The van der Waals surface area contributed by atoms with Gasteiger partial charge in [-0.25, -0.2) is 13.6 Å². The zero-order chi connectivity index (χ0) is 14.0. The molecule has 1 amide bonds. The Hall–Kier alpha value is -2.18. The van der Waals surface area contributed by atoms with Gasteiger partial charge in [-0.3, -0.25) is 4.79 Å². The second kappa shape index (κ2) is 4.83. The van der Waals surface area contributed by atoms with Crippen molar-refractivity contribution in [1.29, 1.82) is 0 Å². The van der Waals surface area contributed by atoms with Gasteiger partial charge in [0.05, 0.1) is 4.90 Å². The van der Waals surface area contributed by atoms with Crippen molar-refractivity contribution in [2.75, 3.05) is 0 Å². The fourth-order valence-electron chi connectivity index (χ4n) is 1.79. The van der Waals surface area contributed by atoms with E-state index in [1.165, 1.54) is 12.1 Å². The lowest BCUT2D eigenvalue weighted by Crippen LogP contribution is -2.13. The summed E-state index contributed by atoms with van der Waals surface area (Å²) >= 11 is 0. The summed E-state index contributed by atoms with van der Waals surface area (Å²) in [5.41, 5.74) is 6.76. The molecule has 0 aliphatic carbocycles. The lowest BCUT2D eigenvalue weighted by Gasteiger charge is -2.08. The van der Waals surface area contributed by atoms with E-state index in [2.05, 4.69) is 0 Å². The SMILES string of the molecule is NC(=O)c1ccccc1-c1cccc(S(N)(=O)=O)c1. The largest absolute Gasteiger partial charge is 0.366 e. The molecular formula is C13H12N2O3S. The summed E-state index contributed by atoms with van der Waals surface area (Å²) in [5, 5.41) is 5.08. The topological polar surface area (TPSA) is 103 Å². The Labute approximate surface area is 110 Å². The van der Waals surface area contributed by atoms with Crippen molar-refractivity contribution in [3.8, 4) is 11.1 Å². The second-order valence-corrected chi connectivity index (χ2v) is 5.54. The van der Waals surface area contributed by atoms with Gasteiger partial charge in [0.25, 0.3) is 0 Å². The molecule has 0 spiro atoms. The minimum absolute atomic E-state index is 0.00993. The molecule has 0 aliphatic heterocycles. The molecule has 98 valence electrons. The van der Waals surface area contributed by atoms with Crippen molar-refractivity contribution in [3.63, 3.8) is 0 Å². The van der Waals surface area contributed by atoms with Crippen molar-refractivity contribution < 1.29 is 13.2 Å². The molecule has 2 aromatic carbocycles. The number of hydrogen-bond acceptors (Lipinski definition) is 3. The van der Waals surface area contributed by atoms with Crippen LogP contribution in [0.25, 0.3) is 11.1 Å². The van der Waals surface area contributed by atoms with Crippen LogP contribution in [-0.4, -0.2) is 14.3 Å². The summed E-state index contributed by atoms with van der Waals surface area (Å²) in [6.07, 6.45) is 0. The summed E-state index contributed by atoms with van der Waals surface area (Å²) in [4.78, 5) is 11.3. The van der Waals surface area contributed by atoms with E-state index in [0.29, 0.717) is 16.7 Å². The molecule has 0 bridgehead atoms. The molecule has 19 heavy (non-hydrogen) atoms. The molecule has 0 saturated carbocycles. The summed E-state index contributed by atoms with van der Waals surface area (Å²) < 4.78 is 22.6. The Morgan fingerprint density at radius 1 is 1.00 bits per heavy atom. The molecule has 0 atom stereocenters. The van der Waals surface area contributed by atoms with Gasteiger partial charge in [-0.2, -0.15) is 0 Å². The van der Waals surface area contributed by atoms with Crippen LogP contribution in [0.5, 0.6) is 0 Å². The van der Waals surface area contributed by atoms with Gasteiger partial charge in [-0.1, -0.05) is 30.3 Å². The maximum atomic E-state index is 11.4. The lowest BCUT2D eigenvalue weighted by molar-refractivity contribution is 0.100. The highest BCUT2D eigenvalue weighted by molar-refractivity contribution is 7.89. The van der Waals surface area contributed by atoms with Crippen LogP contribution < -0.4 is 10.9 Å². The molecule has 0 heterocycles. The normalized spacial score (nSPS) is 11.2. The molecule has 2 rings (SSSR count). The second-order valence-electron chi connectivity index (χ2n) is 3.98. The number of sulfonamides is 1. The third-order valence-corrected chi connectivity index (χ3v) is 3.58. The molecule has 4 N–H and O–H groups in total. The van der Waals surface area contributed by atoms with Crippen molar-refractivity contribution >= 4 is 15.9 Å². The summed E-state index contributed by atoms with van der Waals surface area (Å²) in [5.74, 6) is -0.573. The van der Waals surface area contributed by atoms with Crippen molar-refractivity contribution in [1.82, 2.24) is 0 Å². The van der Waals surface area contributed by atoms with Gasteiger partial charge in [0, 0.05) is 5.56 Å². The quantitative estimate of drug-likeness (QED) is 0.877. The van der Waals surface area contributed by atoms with E-state index >= 15 is 0 Å². The summed E-state index contributed by atoms with van der Waals surface area (Å²) in [7, 11) is -3.78. The fourth-order valence-corrected chi connectivity index (χ4v) is 2.35. The van der Waals surface area contributed by atoms with Crippen LogP contribution in [0.15, 0.2) is 53.4 Å². The summed E-state index contributed by atoms with van der Waals surface area (Å²) in [6.45, 7) is 0. The van der Waals surface area contributed by atoms with Crippen LogP contribution in [0.1, 0.15) is 10.4 Å². The van der Waals surface area contributed by atoms with E-state index < -0.39 is 15.9 Å². The van der Waals surface area contributed by atoms with Crippen LogP contribution in [0.2, 0.25) is 0 Å². The summed E-state index contributed by atoms with van der Waals surface area (Å²) in [6, 6.07) is 12.8. The van der Waals surface area contributed by atoms with Crippen LogP contribution in [0, 0.1) is 0 Å². The molecule has 6 heteroatoms. The van der Waals surface area contributed by atoms with E-state index in [9.17, 15) is 13.2 Å². The highest BCUT2D eigenvalue weighted by Crippen LogP contribution is 2.25. The monoisotopic (exact) mass is 276 g/mol. The van der Waals surface area contributed by atoms with Crippen molar-refractivity contribution in [2.24, 2.45) is 10.9 Å². The molecule has 0 unspecified atom stereocenters. The zero-order valence-corrected chi connectivity index (χ0v) is 10.7. The minimum Gasteiger partial charge on any atom is -0.366 e. The lowest BCUT2D eigenvalue weighted by atomic mass is 9.99. The molecule has 5 nitrogen and oxygen atoms in total. The van der Waals surface area contributed by atoms with Gasteiger partial charge in [-0.05, 0) is 29.3 Å². The van der Waals surface area contributed by atoms with Crippen LogP contribution >= 0.6 is 0 Å². The van der Waals surface area contributed by atoms with Gasteiger partial charge in [0.15, 0.2) is 0 Å². The van der Waals surface area contributed by atoms with Crippen molar-refractivity contribution in [3.05, 3.63) is 54.1 Å². The first-order valence-electron chi connectivity index (χ1n) is 5.41.